The zero-order valence-corrected chi connectivity index (χ0v) is 14.0. The Balaban J connectivity index is 1.63. The van der Waals surface area contributed by atoms with Gasteiger partial charge in [-0.25, -0.2) is 8.42 Å². The number of ether oxygens (including phenoxy) is 1. The summed E-state index contributed by atoms with van der Waals surface area (Å²) in [5.41, 5.74) is 2.37. The highest BCUT2D eigenvalue weighted by Crippen LogP contribution is 2.19. The number of pyridine rings is 1. The second kappa shape index (κ2) is 6.84. The molecular weight excluding hydrogens is 326 g/mol. The Bertz CT molecular complexity index is 905. The summed E-state index contributed by atoms with van der Waals surface area (Å²) >= 11 is 0. The van der Waals surface area contributed by atoms with Gasteiger partial charge in [-0.1, -0.05) is 18.2 Å². The van der Waals surface area contributed by atoms with Gasteiger partial charge >= 0.3 is 0 Å². The number of sulfone groups is 1. The number of nitrogens with zero attached hydrogens (tertiary/aromatic N) is 2. The van der Waals surface area contributed by atoms with Crippen molar-refractivity contribution in [1.29, 1.82) is 0 Å². The number of benzene rings is 1. The van der Waals surface area contributed by atoms with Crippen molar-refractivity contribution in [3.05, 3.63) is 60.4 Å². The predicted octanol–water partition coefficient (Wildman–Crippen LogP) is 2.50. The van der Waals surface area contributed by atoms with Crippen molar-refractivity contribution >= 4 is 9.84 Å². The molecule has 0 saturated carbocycles. The molecule has 0 spiro atoms. The number of nitrogens with one attached hydrogen (secondary N) is 1. The molecule has 2 aromatic heterocycles. The molecule has 1 N–H and O–H groups in total. The molecule has 0 unspecified atom stereocenters. The third-order valence-corrected chi connectivity index (χ3v) is 4.72. The number of hydrogen-bond donors (Lipinski definition) is 1. The van der Waals surface area contributed by atoms with Gasteiger partial charge in [0, 0.05) is 18.9 Å². The maximum absolute atomic E-state index is 11.8. The first-order valence-corrected chi connectivity index (χ1v) is 9.30. The van der Waals surface area contributed by atoms with Crippen molar-refractivity contribution in [2.45, 2.75) is 11.3 Å². The number of rotatable bonds is 6. The van der Waals surface area contributed by atoms with Crippen LogP contribution in [0.1, 0.15) is 5.56 Å². The Hall–Kier alpha value is -2.67. The minimum atomic E-state index is -3.24. The standard InChI is InChI=1S/C17H17N3O3S/c1-24(21,22)17-5-3-2-4-13(17)9-11-23-14-6-7-15(18-12-14)16-8-10-19-20-16/h2-8,10,12H,9,11H2,1H3,(H,19,20). The topological polar surface area (TPSA) is 84.9 Å². The lowest BCUT2D eigenvalue weighted by Crippen LogP contribution is -2.07. The van der Waals surface area contributed by atoms with E-state index in [2.05, 4.69) is 15.2 Å². The predicted molar refractivity (Wildman–Crippen MR) is 90.6 cm³/mol. The molecule has 0 atom stereocenters. The molecule has 0 radical (unpaired) electrons. The van der Waals surface area contributed by atoms with Crippen LogP contribution in [0, 0.1) is 0 Å². The number of aromatic nitrogens is 3. The van der Waals surface area contributed by atoms with Crippen LogP contribution in [0.5, 0.6) is 5.75 Å². The van der Waals surface area contributed by atoms with Gasteiger partial charge in [0.05, 0.1) is 29.1 Å². The van der Waals surface area contributed by atoms with E-state index in [0.717, 1.165) is 17.0 Å². The molecule has 124 valence electrons. The lowest BCUT2D eigenvalue weighted by atomic mass is 10.2. The molecule has 3 aromatic rings. The van der Waals surface area contributed by atoms with E-state index in [4.69, 9.17) is 4.74 Å². The summed E-state index contributed by atoms with van der Waals surface area (Å²) in [6.45, 7) is 0.373. The molecule has 7 heteroatoms. The first-order valence-electron chi connectivity index (χ1n) is 7.40. The lowest BCUT2D eigenvalue weighted by Gasteiger charge is -2.09. The van der Waals surface area contributed by atoms with Crippen molar-refractivity contribution < 1.29 is 13.2 Å². The average molecular weight is 343 g/mol. The molecule has 3 rings (SSSR count). The van der Waals surface area contributed by atoms with Gasteiger partial charge in [-0.3, -0.25) is 10.1 Å². The van der Waals surface area contributed by atoms with Gasteiger partial charge in [0.1, 0.15) is 5.75 Å². The van der Waals surface area contributed by atoms with Crippen LogP contribution in [-0.2, 0) is 16.3 Å². The van der Waals surface area contributed by atoms with E-state index < -0.39 is 9.84 Å². The minimum absolute atomic E-state index is 0.348. The van der Waals surface area contributed by atoms with E-state index in [1.807, 2.05) is 24.3 Å². The van der Waals surface area contributed by atoms with Crippen LogP contribution < -0.4 is 4.74 Å². The van der Waals surface area contributed by atoms with Crippen molar-refractivity contribution in [2.75, 3.05) is 12.9 Å². The number of hydrogen-bond acceptors (Lipinski definition) is 5. The second-order valence-corrected chi connectivity index (χ2v) is 7.31. The molecule has 0 amide bonds. The largest absolute Gasteiger partial charge is 0.492 e. The van der Waals surface area contributed by atoms with E-state index in [1.165, 1.54) is 6.26 Å². The monoisotopic (exact) mass is 343 g/mol. The summed E-state index contributed by atoms with van der Waals surface area (Å²) in [6.07, 6.45) is 5.02. The van der Waals surface area contributed by atoms with Gasteiger partial charge in [-0.05, 0) is 29.8 Å². The molecule has 2 heterocycles. The molecule has 0 bridgehead atoms. The SMILES string of the molecule is CS(=O)(=O)c1ccccc1CCOc1ccc(-c2ccn[nH]2)nc1. The maximum Gasteiger partial charge on any atom is 0.175 e. The minimum Gasteiger partial charge on any atom is -0.492 e. The molecule has 1 aromatic carbocycles. The highest BCUT2D eigenvalue weighted by Gasteiger charge is 2.12. The van der Waals surface area contributed by atoms with E-state index >= 15 is 0 Å². The quantitative estimate of drug-likeness (QED) is 0.743. The molecular formula is C17H17N3O3S. The smallest absolute Gasteiger partial charge is 0.175 e. The molecule has 0 aliphatic rings. The molecule has 6 nitrogen and oxygen atoms in total. The van der Waals surface area contributed by atoms with Crippen LogP contribution in [0.15, 0.2) is 59.8 Å². The Morgan fingerprint density at radius 3 is 2.62 bits per heavy atom. The highest BCUT2D eigenvalue weighted by atomic mass is 32.2. The van der Waals surface area contributed by atoms with Gasteiger partial charge in [-0.2, -0.15) is 5.10 Å². The first kappa shape index (κ1) is 16.2. The Labute approximate surface area is 140 Å². The van der Waals surface area contributed by atoms with Crippen LogP contribution in [0.4, 0.5) is 0 Å². The van der Waals surface area contributed by atoms with Gasteiger partial charge in [-0.15, -0.1) is 0 Å². The van der Waals surface area contributed by atoms with Gasteiger partial charge < -0.3 is 4.74 Å². The van der Waals surface area contributed by atoms with Gasteiger partial charge in [0.15, 0.2) is 9.84 Å². The van der Waals surface area contributed by atoms with Crippen molar-refractivity contribution in [3.63, 3.8) is 0 Å². The first-order chi connectivity index (χ1) is 11.5. The Morgan fingerprint density at radius 2 is 1.96 bits per heavy atom. The van der Waals surface area contributed by atoms with Crippen molar-refractivity contribution in [2.24, 2.45) is 0 Å². The third-order valence-electron chi connectivity index (χ3n) is 3.53. The fraction of sp³-hybridized carbons (Fsp3) is 0.176. The third kappa shape index (κ3) is 3.80. The fourth-order valence-electron chi connectivity index (χ4n) is 2.37. The molecule has 0 fully saturated rings. The van der Waals surface area contributed by atoms with Crippen molar-refractivity contribution in [1.82, 2.24) is 15.2 Å². The second-order valence-electron chi connectivity index (χ2n) is 5.33. The zero-order chi connectivity index (χ0) is 17.0. The summed E-state index contributed by atoms with van der Waals surface area (Å²) < 4.78 is 29.2. The van der Waals surface area contributed by atoms with Crippen LogP contribution in [0.2, 0.25) is 0 Å². The van der Waals surface area contributed by atoms with Gasteiger partial charge in [0.2, 0.25) is 0 Å². The highest BCUT2D eigenvalue weighted by molar-refractivity contribution is 7.90. The Kier molecular flexibility index (Phi) is 4.61. The molecule has 0 saturated heterocycles. The fourth-order valence-corrected chi connectivity index (χ4v) is 3.35. The molecule has 0 aliphatic heterocycles. The normalized spacial score (nSPS) is 11.4. The average Bonchev–Trinajstić information content (AvgIpc) is 3.09. The number of aromatic amines is 1. The van der Waals surface area contributed by atoms with Gasteiger partial charge in [0.25, 0.3) is 0 Å². The van der Waals surface area contributed by atoms with E-state index in [0.29, 0.717) is 23.7 Å². The molecule has 24 heavy (non-hydrogen) atoms. The summed E-state index contributed by atoms with van der Waals surface area (Å²) in [7, 11) is -3.24. The van der Waals surface area contributed by atoms with Crippen LogP contribution in [0.3, 0.4) is 0 Å². The van der Waals surface area contributed by atoms with E-state index in [1.54, 1.807) is 30.6 Å². The van der Waals surface area contributed by atoms with Crippen LogP contribution >= 0.6 is 0 Å². The summed E-state index contributed by atoms with van der Waals surface area (Å²) in [5, 5.41) is 6.73. The number of H-pyrrole nitrogens is 1. The van der Waals surface area contributed by atoms with E-state index in [-0.39, 0.29) is 0 Å². The summed E-state index contributed by atoms with van der Waals surface area (Å²) in [4.78, 5) is 4.66. The Morgan fingerprint density at radius 1 is 1.12 bits per heavy atom. The zero-order valence-electron chi connectivity index (χ0n) is 13.1. The summed E-state index contributed by atoms with van der Waals surface area (Å²) in [6, 6.07) is 12.5. The maximum atomic E-state index is 11.8. The molecule has 0 aliphatic carbocycles. The van der Waals surface area contributed by atoms with Crippen LogP contribution in [0.25, 0.3) is 11.4 Å². The van der Waals surface area contributed by atoms with Crippen molar-refractivity contribution in [3.8, 4) is 17.1 Å². The lowest BCUT2D eigenvalue weighted by molar-refractivity contribution is 0.320. The summed E-state index contributed by atoms with van der Waals surface area (Å²) in [5.74, 6) is 0.634. The van der Waals surface area contributed by atoms with E-state index in [9.17, 15) is 8.42 Å². The van der Waals surface area contributed by atoms with Crippen LogP contribution in [-0.4, -0.2) is 36.5 Å².